The van der Waals surface area contributed by atoms with Crippen LogP contribution in [0.15, 0.2) is 54.7 Å². The lowest BCUT2D eigenvalue weighted by molar-refractivity contribution is -0.137. The van der Waals surface area contributed by atoms with Crippen molar-refractivity contribution in [1.82, 2.24) is 25.8 Å². The first-order valence-corrected chi connectivity index (χ1v) is 21.5. The number of piperazine rings is 1. The molecule has 4 N–H and O–H groups in total. The van der Waals surface area contributed by atoms with Gasteiger partial charge in [-0.2, -0.15) is 0 Å². The van der Waals surface area contributed by atoms with Gasteiger partial charge in [-0.05, 0) is 80.0 Å². The van der Waals surface area contributed by atoms with Crippen LogP contribution in [0.4, 0.5) is 26.4 Å². The van der Waals surface area contributed by atoms with Gasteiger partial charge >= 0.3 is 6.03 Å². The van der Waals surface area contributed by atoms with Crippen LogP contribution >= 0.6 is 23.2 Å². The van der Waals surface area contributed by atoms with Crippen molar-refractivity contribution in [3.05, 3.63) is 81.7 Å². The Kier molecular flexibility index (Phi) is 10.5. The summed E-state index contributed by atoms with van der Waals surface area (Å²) in [7, 11) is 0. The molecule has 1 aromatic heterocycles. The Morgan fingerprint density at radius 3 is 2.36 bits per heavy atom. The molecule has 3 atom stereocenters. The molecule has 3 saturated heterocycles. The number of amides is 6. The number of carbonyl (C=O) groups excluding carboxylic acids is 5. The number of anilines is 3. The van der Waals surface area contributed by atoms with Crippen LogP contribution in [-0.4, -0.2) is 89.9 Å². The molecule has 2 saturated carbocycles. The van der Waals surface area contributed by atoms with Gasteiger partial charge in [0.25, 0.3) is 0 Å². The van der Waals surface area contributed by atoms with Crippen molar-refractivity contribution in [2.24, 2.45) is 5.92 Å². The molecule has 2 aliphatic carbocycles. The van der Waals surface area contributed by atoms with Crippen LogP contribution in [0.5, 0.6) is 0 Å². The molecule has 5 heterocycles. The Morgan fingerprint density at radius 2 is 1.64 bits per heavy atom. The van der Waals surface area contributed by atoms with Crippen LogP contribution in [0.25, 0.3) is 0 Å². The molecule has 2 spiro atoms. The zero-order valence-corrected chi connectivity index (χ0v) is 34.1. The Labute approximate surface area is 351 Å². The number of nitrogens with one attached hydrogen (secondary N) is 4. The first-order chi connectivity index (χ1) is 28.5. The molecule has 0 bridgehead atoms. The number of urea groups is 1. The van der Waals surface area contributed by atoms with E-state index >= 15 is 4.39 Å². The smallest absolute Gasteiger partial charge is 0.328 e. The second-order valence-electron chi connectivity index (χ2n) is 16.8. The van der Waals surface area contributed by atoms with Crippen LogP contribution < -0.4 is 31.1 Å². The highest BCUT2D eigenvalue weighted by Crippen LogP contribution is 2.62. The second kappa shape index (κ2) is 15.7. The van der Waals surface area contributed by atoms with E-state index in [1.807, 2.05) is 23.1 Å². The molecule has 310 valence electrons. The summed E-state index contributed by atoms with van der Waals surface area (Å²) in [4.78, 5) is 76.9. The summed E-state index contributed by atoms with van der Waals surface area (Å²) < 4.78 is 16.3. The number of aromatic nitrogens is 1. The molecular formula is C43H47Cl2FN8O5. The van der Waals surface area contributed by atoms with Crippen molar-refractivity contribution in [3.8, 4) is 0 Å². The molecule has 4 aliphatic heterocycles. The van der Waals surface area contributed by atoms with Crippen LogP contribution in [0.1, 0.15) is 81.3 Å². The normalized spacial score (nSPS) is 27.8. The number of halogens is 3. The zero-order valence-electron chi connectivity index (χ0n) is 32.6. The van der Waals surface area contributed by atoms with E-state index in [-0.39, 0.29) is 52.6 Å². The summed E-state index contributed by atoms with van der Waals surface area (Å²) in [5.41, 5.74) is -0.0120. The molecule has 6 aliphatic rings. The average molecular weight is 846 g/mol. The molecule has 3 aromatic rings. The molecule has 6 amide bonds. The third-order valence-electron chi connectivity index (χ3n) is 13.7. The van der Waals surface area contributed by atoms with Gasteiger partial charge in [0.05, 0.1) is 22.9 Å². The highest BCUT2D eigenvalue weighted by Gasteiger charge is 2.72. The molecule has 16 heteroatoms. The topological polar surface area (TPSA) is 156 Å². The Bertz CT molecular complexity index is 2190. The molecule has 0 unspecified atom stereocenters. The predicted octanol–water partition coefficient (Wildman–Crippen LogP) is 5.65. The maximum atomic E-state index is 16.3. The van der Waals surface area contributed by atoms with Gasteiger partial charge in [-0.3, -0.25) is 34.7 Å². The minimum Gasteiger partial charge on any atom is -0.353 e. The standard InChI is InChI=1S/C43H47Cl2FN8O5/c44-26-9-13-30-32(23-26)49-40(58)43(30)35(29-5-4-6-31(45)36(29)46)37(51-42(43)16-2-1-3-17-42)38(56)48-27-10-7-25(8-11-27)39(57)53-21-19-52(20-22-53)33-14-12-28(24-47-33)54-18-15-34(55)50-41(54)59/h4-6,9,12-14,23-25,27,35,37,51H,1-3,7-8,10-11,15-22H2,(H,48,56)(H,49,58)(H,50,55,59)/t25?,27?,35-,37+,43+/m0/s1. The fourth-order valence-electron chi connectivity index (χ4n) is 10.9. The summed E-state index contributed by atoms with van der Waals surface area (Å²) in [5, 5.41) is 12.8. The average Bonchev–Trinajstić information content (AvgIpc) is 3.69. The number of hydrogen-bond donors (Lipinski definition) is 4. The molecule has 59 heavy (non-hydrogen) atoms. The van der Waals surface area contributed by atoms with Gasteiger partial charge in [0.1, 0.15) is 17.1 Å². The summed E-state index contributed by atoms with van der Waals surface area (Å²) in [5.74, 6) is -1.70. The minimum absolute atomic E-state index is 0.0729. The molecule has 5 fully saturated rings. The van der Waals surface area contributed by atoms with E-state index in [0.717, 1.165) is 25.1 Å². The minimum atomic E-state index is -1.30. The largest absolute Gasteiger partial charge is 0.353 e. The van der Waals surface area contributed by atoms with Crippen molar-refractivity contribution in [2.45, 2.75) is 93.2 Å². The van der Waals surface area contributed by atoms with Gasteiger partial charge in [-0.1, -0.05) is 60.7 Å². The monoisotopic (exact) mass is 844 g/mol. The molecule has 13 nitrogen and oxygen atoms in total. The number of fused-ring (bicyclic) bond motifs is 3. The van der Waals surface area contributed by atoms with Crippen molar-refractivity contribution < 1.29 is 28.4 Å². The van der Waals surface area contributed by atoms with E-state index in [0.29, 0.717) is 93.2 Å². The van der Waals surface area contributed by atoms with E-state index < -0.39 is 34.8 Å². The van der Waals surface area contributed by atoms with Gasteiger partial charge in [0, 0.05) is 73.3 Å². The zero-order chi connectivity index (χ0) is 41.1. The highest BCUT2D eigenvalue weighted by atomic mass is 35.5. The lowest BCUT2D eigenvalue weighted by Crippen LogP contribution is -2.60. The maximum Gasteiger partial charge on any atom is 0.328 e. The van der Waals surface area contributed by atoms with E-state index in [2.05, 4.69) is 31.2 Å². The lowest BCUT2D eigenvalue weighted by Gasteiger charge is -2.47. The fraction of sp³-hybridized carbons (Fsp3) is 0.488. The summed E-state index contributed by atoms with van der Waals surface area (Å²) in [6.07, 6.45) is 8.32. The van der Waals surface area contributed by atoms with Crippen molar-refractivity contribution in [1.29, 1.82) is 0 Å². The van der Waals surface area contributed by atoms with Crippen LogP contribution in [0, 0.1) is 11.7 Å². The van der Waals surface area contributed by atoms with Crippen molar-refractivity contribution in [3.63, 3.8) is 0 Å². The predicted molar refractivity (Wildman–Crippen MR) is 221 cm³/mol. The third kappa shape index (κ3) is 6.80. The molecule has 2 aromatic carbocycles. The Hall–Kier alpha value is -4.79. The highest BCUT2D eigenvalue weighted by molar-refractivity contribution is 6.31. The lowest BCUT2D eigenvalue weighted by atomic mass is 9.55. The van der Waals surface area contributed by atoms with Gasteiger partial charge < -0.3 is 20.4 Å². The Morgan fingerprint density at radius 1 is 0.881 bits per heavy atom. The molecular weight excluding hydrogens is 798 g/mol. The van der Waals surface area contributed by atoms with Crippen LogP contribution in [-0.2, 0) is 24.6 Å². The Balaban J connectivity index is 0.867. The molecule has 0 radical (unpaired) electrons. The van der Waals surface area contributed by atoms with Crippen LogP contribution in [0.2, 0.25) is 10.0 Å². The second-order valence-corrected chi connectivity index (χ2v) is 17.7. The first kappa shape index (κ1) is 39.7. The number of benzene rings is 2. The summed E-state index contributed by atoms with van der Waals surface area (Å²) in [6.45, 7) is 2.64. The van der Waals surface area contributed by atoms with Crippen molar-refractivity contribution in [2.75, 3.05) is 47.8 Å². The number of imide groups is 1. The van der Waals surface area contributed by atoms with E-state index in [1.165, 1.54) is 11.0 Å². The quantitative estimate of drug-likeness (QED) is 0.249. The first-order valence-electron chi connectivity index (χ1n) is 20.7. The third-order valence-corrected chi connectivity index (χ3v) is 14.3. The number of nitrogens with zero attached hydrogens (tertiary/aromatic N) is 4. The van der Waals surface area contributed by atoms with E-state index in [1.54, 1.807) is 30.5 Å². The SMILES string of the molecule is O=C1CCN(c2ccc(N3CCN(C(=O)C4CCC(NC(=O)[C@@H]5NC6(CCCCC6)[C@@]6(C(=O)Nc7cc(Cl)ccc76)[C@H]5c5cccc(Cl)c5F)CC4)CC3)nc2)C(=O)N1. The van der Waals surface area contributed by atoms with Gasteiger partial charge in [0.15, 0.2) is 0 Å². The van der Waals surface area contributed by atoms with E-state index in [4.69, 9.17) is 23.2 Å². The van der Waals surface area contributed by atoms with E-state index in [9.17, 15) is 24.0 Å². The summed E-state index contributed by atoms with van der Waals surface area (Å²) >= 11 is 12.8. The van der Waals surface area contributed by atoms with Crippen molar-refractivity contribution >= 4 is 70.1 Å². The maximum absolute atomic E-state index is 16.3. The number of rotatable bonds is 6. The molecule has 9 rings (SSSR count). The number of hydrogen-bond acceptors (Lipinski definition) is 8. The number of carbonyl (C=O) groups is 5. The van der Waals surface area contributed by atoms with Gasteiger partial charge in [0.2, 0.25) is 23.6 Å². The number of pyridine rings is 1. The van der Waals surface area contributed by atoms with Gasteiger partial charge in [-0.25, -0.2) is 14.2 Å². The summed E-state index contributed by atoms with van der Waals surface area (Å²) in [6, 6.07) is 12.2. The van der Waals surface area contributed by atoms with Gasteiger partial charge in [-0.15, -0.1) is 0 Å². The fourth-order valence-corrected chi connectivity index (χ4v) is 11.3. The van der Waals surface area contributed by atoms with Crippen LogP contribution in [0.3, 0.4) is 0 Å².